The van der Waals surface area contributed by atoms with E-state index in [0.717, 1.165) is 23.0 Å². The minimum absolute atomic E-state index is 0.259. The number of carbonyl (C=O) groups is 1. The van der Waals surface area contributed by atoms with Crippen molar-refractivity contribution in [3.8, 4) is 0 Å². The van der Waals surface area contributed by atoms with Crippen molar-refractivity contribution in [1.29, 1.82) is 0 Å². The standard InChI is InChI=1S/C17H24BrNO/c1-13-5-3-6-14(2)19(13)12-4-7-17(20)15-8-10-16(18)11-9-15/h8-11,13-14H,3-7,12H2,1-2H3/t13-,14+. The molecule has 1 aliphatic rings. The van der Waals surface area contributed by atoms with Crippen LogP contribution in [0.1, 0.15) is 56.3 Å². The van der Waals surface area contributed by atoms with Gasteiger partial charge in [-0.3, -0.25) is 9.69 Å². The van der Waals surface area contributed by atoms with Crippen LogP contribution in [0.25, 0.3) is 0 Å². The molecule has 0 aliphatic carbocycles. The van der Waals surface area contributed by atoms with Crippen LogP contribution in [0.5, 0.6) is 0 Å². The summed E-state index contributed by atoms with van der Waals surface area (Å²) < 4.78 is 1.02. The van der Waals surface area contributed by atoms with E-state index in [0.29, 0.717) is 18.5 Å². The summed E-state index contributed by atoms with van der Waals surface area (Å²) in [6.07, 6.45) is 5.55. The molecule has 1 aromatic rings. The van der Waals surface area contributed by atoms with Gasteiger partial charge in [-0.05, 0) is 51.8 Å². The second-order valence-electron chi connectivity index (χ2n) is 5.90. The van der Waals surface area contributed by atoms with Crippen LogP contribution in [0.15, 0.2) is 28.7 Å². The number of Topliss-reactive ketones (excluding diaryl/α,β-unsaturated/α-hetero) is 1. The molecule has 2 rings (SSSR count). The van der Waals surface area contributed by atoms with Gasteiger partial charge < -0.3 is 0 Å². The maximum atomic E-state index is 12.1. The first kappa shape index (κ1) is 15.7. The number of nitrogens with zero attached hydrogens (tertiary/aromatic N) is 1. The molecule has 20 heavy (non-hydrogen) atoms. The summed E-state index contributed by atoms with van der Waals surface area (Å²) in [5.41, 5.74) is 0.827. The predicted octanol–water partition coefficient (Wildman–Crippen LogP) is 4.67. The fourth-order valence-electron chi connectivity index (χ4n) is 3.12. The molecule has 0 saturated carbocycles. The zero-order valence-electron chi connectivity index (χ0n) is 12.4. The lowest BCUT2D eigenvalue weighted by molar-refractivity contribution is 0.0901. The average molecular weight is 338 g/mol. The molecule has 0 radical (unpaired) electrons. The van der Waals surface area contributed by atoms with E-state index >= 15 is 0 Å². The molecular weight excluding hydrogens is 314 g/mol. The summed E-state index contributed by atoms with van der Waals surface area (Å²) in [5.74, 6) is 0.259. The quantitative estimate of drug-likeness (QED) is 0.727. The first-order valence-electron chi connectivity index (χ1n) is 7.62. The Kier molecular flexibility index (Phi) is 5.79. The Morgan fingerprint density at radius 3 is 2.40 bits per heavy atom. The fourth-order valence-corrected chi connectivity index (χ4v) is 3.38. The summed E-state index contributed by atoms with van der Waals surface area (Å²) in [6.45, 7) is 5.67. The molecule has 1 aromatic carbocycles. The van der Waals surface area contributed by atoms with E-state index in [9.17, 15) is 4.79 Å². The molecule has 0 amide bonds. The number of carbonyl (C=O) groups excluding carboxylic acids is 1. The summed E-state index contributed by atoms with van der Waals surface area (Å²) in [4.78, 5) is 14.7. The Morgan fingerprint density at radius 2 is 1.80 bits per heavy atom. The van der Waals surface area contributed by atoms with Gasteiger partial charge in [-0.2, -0.15) is 0 Å². The maximum absolute atomic E-state index is 12.1. The average Bonchev–Trinajstić information content (AvgIpc) is 2.42. The molecule has 3 heteroatoms. The lowest BCUT2D eigenvalue weighted by Crippen LogP contribution is -2.44. The highest BCUT2D eigenvalue weighted by Gasteiger charge is 2.24. The van der Waals surface area contributed by atoms with Crippen molar-refractivity contribution in [2.45, 2.75) is 58.0 Å². The lowest BCUT2D eigenvalue weighted by atomic mass is 9.97. The molecule has 110 valence electrons. The van der Waals surface area contributed by atoms with Crippen LogP contribution in [-0.4, -0.2) is 29.3 Å². The zero-order chi connectivity index (χ0) is 14.5. The number of hydrogen-bond donors (Lipinski definition) is 0. The molecule has 0 N–H and O–H groups in total. The fraction of sp³-hybridized carbons (Fsp3) is 0.588. The smallest absolute Gasteiger partial charge is 0.162 e. The van der Waals surface area contributed by atoms with Gasteiger partial charge in [0.15, 0.2) is 5.78 Å². The van der Waals surface area contributed by atoms with Crippen LogP contribution >= 0.6 is 15.9 Å². The van der Waals surface area contributed by atoms with Crippen LogP contribution in [0.2, 0.25) is 0 Å². The molecule has 0 bridgehead atoms. The predicted molar refractivity (Wildman–Crippen MR) is 87.2 cm³/mol. The third-order valence-electron chi connectivity index (χ3n) is 4.36. The van der Waals surface area contributed by atoms with E-state index in [1.807, 2.05) is 24.3 Å². The molecule has 0 aromatic heterocycles. The molecule has 1 aliphatic heterocycles. The number of piperidine rings is 1. The van der Waals surface area contributed by atoms with Gasteiger partial charge in [0.25, 0.3) is 0 Å². The number of likely N-dealkylation sites (tertiary alicyclic amines) is 1. The topological polar surface area (TPSA) is 20.3 Å². The van der Waals surface area contributed by atoms with Crippen LogP contribution in [0.3, 0.4) is 0 Å². The van der Waals surface area contributed by atoms with Gasteiger partial charge in [-0.1, -0.05) is 34.5 Å². The largest absolute Gasteiger partial charge is 0.298 e. The molecule has 1 fully saturated rings. The highest BCUT2D eigenvalue weighted by Crippen LogP contribution is 2.23. The summed E-state index contributed by atoms with van der Waals surface area (Å²) in [7, 11) is 0. The monoisotopic (exact) mass is 337 g/mol. The van der Waals surface area contributed by atoms with Gasteiger partial charge in [0.2, 0.25) is 0 Å². The van der Waals surface area contributed by atoms with E-state index in [4.69, 9.17) is 0 Å². The number of hydrogen-bond acceptors (Lipinski definition) is 2. The van der Waals surface area contributed by atoms with Crippen LogP contribution in [0, 0.1) is 0 Å². The Bertz CT molecular complexity index is 433. The Labute approximate surface area is 130 Å². The van der Waals surface area contributed by atoms with Crippen molar-refractivity contribution in [1.82, 2.24) is 4.90 Å². The van der Waals surface area contributed by atoms with E-state index < -0.39 is 0 Å². The van der Waals surface area contributed by atoms with Crippen molar-refractivity contribution < 1.29 is 4.79 Å². The molecular formula is C17H24BrNO. The van der Waals surface area contributed by atoms with Gasteiger partial charge in [0, 0.05) is 28.5 Å². The number of benzene rings is 1. The molecule has 0 unspecified atom stereocenters. The van der Waals surface area contributed by atoms with Crippen molar-refractivity contribution in [3.63, 3.8) is 0 Å². The minimum Gasteiger partial charge on any atom is -0.298 e. The van der Waals surface area contributed by atoms with Gasteiger partial charge >= 0.3 is 0 Å². The minimum atomic E-state index is 0.259. The number of halogens is 1. The molecule has 1 heterocycles. The maximum Gasteiger partial charge on any atom is 0.162 e. The SMILES string of the molecule is C[C@@H]1CCC[C@H](C)N1CCCC(=O)c1ccc(Br)cc1. The van der Waals surface area contributed by atoms with Gasteiger partial charge in [-0.25, -0.2) is 0 Å². The lowest BCUT2D eigenvalue weighted by Gasteiger charge is -2.39. The first-order chi connectivity index (χ1) is 9.58. The summed E-state index contributed by atoms with van der Waals surface area (Å²) in [5, 5.41) is 0. The Balaban J connectivity index is 1.80. The summed E-state index contributed by atoms with van der Waals surface area (Å²) in [6, 6.07) is 9.00. The normalized spacial score (nSPS) is 23.8. The second-order valence-corrected chi connectivity index (χ2v) is 6.82. The van der Waals surface area contributed by atoms with Gasteiger partial charge in [0.05, 0.1) is 0 Å². The Hall–Kier alpha value is -0.670. The third kappa shape index (κ3) is 4.16. The van der Waals surface area contributed by atoms with E-state index in [-0.39, 0.29) is 5.78 Å². The molecule has 0 spiro atoms. The zero-order valence-corrected chi connectivity index (χ0v) is 14.0. The highest BCUT2D eigenvalue weighted by molar-refractivity contribution is 9.10. The Morgan fingerprint density at radius 1 is 1.20 bits per heavy atom. The van der Waals surface area contributed by atoms with Crippen molar-refractivity contribution in [3.05, 3.63) is 34.3 Å². The van der Waals surface area contributed by atoms with Gasteiger partial charge in [0.1, 0.15) is 0 Å². The van der Waals surface area contributed by atoms with Crippen molar-refractivity contribution in [2.24, 2.45) is 0 Å². The van der Waals surface area contributed by atoms with E-state index in [2.05, 4.69) is 34.7 Å². The van der Waals surface area contributed by atoms with Crippen LogP contribution < -0.4 is 0 Å². The van der Waals surface area contributed by atoms with E-state index in [1.165, 1.54) is 19.3 Å². The molecule has 1 saturated heterocycles. The van der Waals surface area contributed by atoms with Crippen molar-refractivity contribution >= 4 is 21.7 Å². The summed E-state index contributed by atoms with van der Waals surface area (Å²) >= 11 is 3.39. The van der Waals surface area contributed by atoms with Crippen LogP contribution in [-0.2, 0) is 0 Å². The molecule has 2 atom stereocenters. The third-order valence-corrected chi connectivity index (χ3v) is 4.89. The van der Waals surface area contributed by atoms with Gasteiger partial charge in [-0.15, -0.1) is 0 Å². The highest BCUT2D eigenvalue weighted by atomic mass is 79.9. The molecule has 2 nitrogen and oxygen atoms in total. The number of rotatable bonds is 5. The second kappa shape index (κ2) is 7.37. The van der Waals surface area contributed by atoms with Crippen molar-refractivity contribution in [2.75, 3.05) is 6.54 Å². The van der Waals surface area contributed by atoms with E-state index in [1.54, 1.807) is 0 Å². The number of ketones is 1. The van der Waals surface area contributed by atoms with Crippen LogP contribution in [0.4, 0.5) is 0 Å². The first-order valence-corrected chi connectivity index (χ1v) is 8.41.